The summed E-state index contributed by atoms with van der Waals surface area (Å²) in [6.07, 6.45) is 6.00. The molecule has 88 valence electrons. The van der Waals surface area contributed by atoms with E-state index in [4.69, 9.17) is 4.74 Å². The second-order valence-electron chi connectivity index (χ2n) is 6.22. The van der Waals surface area contributed by atoms with E-state index in [1.807, 2.05) is 0 Å². The molecule has 2 rings (SSSR count). The number of fused-ring (bicyclic) bond motifs is 1. The van der Waals surface area contributed by atoms with Crippen LogP contribution < -0.4 is 0 Å². The SMILES string of the molecule is CCC(C)C1(C)CC[C@H]2C(C)CO[C@@H]2C1. The average Bonchev–Trinajstić information content (AvgIpc) is 2.58. The van der Waals surface area contributed by atoms with E-state index < -0.39 is 0 Å². The third kappa shape index (κ3) is 1.95. The fourth-order valence-electron chi connectivity index (χ4n) is 3.57. The molecule has 0 aromatic carbocycles. The van der Waals surface area contributed by atoms with Crippen molar-refractivity contribution in [3.63, 3.8) is 0 Å². The van der Waals surface area contributed by atoms with Crippen LogP contribution in [0.25, 0.3) is 0 Å². The highest BCUT2D eigenvalue weighted by Gasteiger charge is 2.45. The normalized spacial score (nSPS) is 47.6. The first-order valence-electron chi connectivity index (χ1n) is 6.68. The molecule has 1 aliphatic heterocycles. The van der Waals surface area contributed by atoms with Crippen LogP contribution >= 0.6 is 0 Å². The summed E-state index contributed by atoms with van der Waals surface area (Å²) in [5, 5.41) is 0. The Bertz CT molecular complexity index is 225. The second-order valence-corrected chi connectivity index (χ2v) is 6.22. The minimum atomic E-state index is 0.542. The zero-order valence-corrected chi connectivity index (χ0v) is 10.8. The van der Waals surface area contributed by atoms with Gasteiger partial charge in [-0.2, -0.15) is 0 Å². The van der Waals surface area contributed by atoms with Gasteiger partial charge in [-0.05, 0) is 42.4 Å². The van der Waals surface area contributed by atoms with E-state index in [0.29, 0.717) is 11.5 Å². The standard InChI is InChI=1S/C14H26O/c1-5-11(3)14(4)7-6-12-10(2)9-15-13(12)8-14/h10-13H,5-9H2,1-4H3/t10?,11?,12-,13+,14?/m0/s1. The van der Waals surface area contributed by atoms with Gasteiger partial charge >= 0.3 is 0 Å². The molecule has 1 heterocycles. The summed E-state index contributed by atoms with van der Waals surface area (Å²) in [5.74, 6) is 2.51. The van der Waals surface area contributed by atoms with Crippen LogP contribution in [-0.2, 0) is 4.74 Å². The van der Waals surface area contributed by atoms with Crippen molar-refractivity contribution in [2.24, 2.45) is 23.2 Å². The molecule has 0 N–H and O–H groups in total. The lowest BCUT2D eigenvalue weighted by Gasteiger charge is -2.44. The molecule has 1 saturated carbocycles. The molecule has 3 unspecified atom stereocenters. The number of rotatable bonds is 2. The van der Waals surface area contributed by atoms with Crippen molar-refractivity contribution in [1.82, 2.24) is 0 Å². The predicted molar refractivity (Wildman–Crippen MR) is 63.8 cm³/mol. The highest BCUT2D eigenvalue weighted by Crippen LogP contribution is 2.50. The van der Waals surface area contributed by atoms with Crippen LogP contribution in [0.2, 0.25) is 0 Å². The van der Waals surface area contributed by atoms with Crippen molar-refractivity contribution < 1.29 is 4.74 Å². The van der Waals surface area contributed by atoms with Gasteiger partial charge in [0.25, 0.3) is 0 Å². The Morgan fingerprint density at radius 2 is 2.20 bits per heavy atom. The molecule has 2 aliphatic rings. The smallest absolute Gasteiger partial charge is 0.0612 e. The lowest BCUT2D eigenvalue weighted by molar-refractivity contribution is -0.00995. The maximum Gasteiger partial charge on any atom is 0.0612 e. The number of hydrogen-bond donors (Lipinski definition) is 0. The van der Waals surface area contributed by atoms with Gasteiger partial charge in [0.2, 0.25) is 0 Å². The Morgan fingerprint density at radius 3 is 2.87 bits per heavy atom. The van der Waals surface area contributed by atoms with Crippen LogP contribution in [0.4, 0.5) is 0 Å². The minimum Gasteiger partial charge on any atom is -0.378 e. The van der Waals surface area contributed by atoms with Crippen LogP contribution in [-0.4, -0.2) is 12.7 Å². The van der Waals surface area contributed by atoms with E-state index in [9.17, 15) is 0 Å². The van der Waals surface area contributed by atoms with Crippen molar-refractivity contribution in [1.29, 1.82) is 0 Å². The molecule has 5 atom stereocenters. The topological polar surface area (TPSA) is 9.23 Å². The Kier molecular flexibility index (Phi) is 3.12. The van der Waals surface area contributed by atoms with E-state index in [0.717, 1.165) is 24.4 Å². The Hall–Kier alpha value is -0.0400. The monoisotopic (exact) mass is 210 g/mol. The quantitative estimate of drug-likeness (QED) is 0.672. The van der Waals surface area contributed by atoms with Crippen LogP contribution in [0, 0.1) is 23.2 Å². The first kappa shape index (κ1) is 11.4. The van der Waals surface area contributed by atoms with E-state index in [-0.39, 0.29) is 0 Å². The summed E-state index contributed by atoms with van der Waals surface area (Å²) in [4.78, 5) is 0. The molecule has 1 aliphatic carbocycles. The lowest BCUT2D eigenvalue weighted by atomic mass is 9.62. The van der Waals surface area contributed by atoms with Gasteiger partial charge in [-0.25, -0.2) is 0 Å². The third-order valence-corrected chi connectivity index (χ3v) is 5.30. The second kappa shape index (κ2) is 4.08. The fourth-order valence-corrected chi connectivity index (χ4v) is 3.57. The summed E-state index contributed by atoms with van der Waals surface area (Å²) < 4.78 is 5.96. The summed E-state index contributed by atoms with van der Waals surface area (Å²) >= 11 is 0. The third-order valence-electron chi connectivity index (χ3n) is 5.30. The molecule has 1 saturated heterocycles. The molecule has 0 radical (unpaired) electrons. The maximum atomic E-state index is 5.96. The molecule has 0 amide bonds. The Labute approximate surface area is 94.6 Å². The van der Waals surface area contributed by atoms with Crippen LogP contribution in [0.1, 0.15) is 53.4 Å². The van der Waals surface area contributed by atoms with Gasteiger partial charge in [0.05, 0.1) is 6.10 Å². The molecule has 0 spiro atoms. The summed E-state index contributed by atoms with van der Waals surface area (Å²) in [5.41, 5.74) is 0.542. The average molecular weight is 210 g/mol. The summed E-state index contributed by atoms with van der Waals surface area (Å²) in [6, 6.07) is 0. The van der Waals surface area contributed by atoms with Crippen molar-refractivity contribution >= 4 is 0 Å². The largest absolute Gasteiger partial charge is 0.378 e. The minimum absolute atomic E-state index is 0.542. The fraction of sp³-hybridized carbons (Fsp3) is 1.00. The molecular formula is C14H26O. The van der Waals surface area contributed by atoms with Crippen LogP contribution in [0.5, 0.6) is 0 Å². The maximum absolute atomic E-state index is 5.96. The first-order valence-corrected chi connectivity index (χ1v) is 6.68. The molecular weight excluding hydrogens is 184 g/mol. The van der Waals surface area contributed by atoms with Gasteiger partial charge in [0.15, 0.2) is 0 Å². The molecule has 2 fully saturated rings. The van der Waals surface area contributed by atoms with Crippen molar-refractivity contribution in [2.75, 3.05) is 6.61 Å². The molecule has 0 bridgehead atoms. The Morgan fingerprint density at radius 1 is 1.47 bits per heavy atom. The van der Waals surface area contributed by atoms with Gasteiger partial charge in [-0.1, -0.05) is 34.1 Å². The van der Waals surface area contributed by atoms with Gasteiger partial charge in [0, 0.05) is 6.61 Å². The van der Waals surface area contributed by atoms with Gasteiger partial charge < -0.3 is 4.74 Å². The Balaban J connectivity index is 2.04. The van der Waals surface area contributed by atoms with E-state index in [1.165, 1.54) is 25.7 Å². The number of hydrogen-bond acceptors (Lipinski definition) is 1. The van der Waals surface area contributed by atoms with Crippen molar-refractivity contribution in [3.05, 3.63) is 0 Å². The van der Waals surface area contributed by atoms with Crippen molar-refractivity contribution in [3.8, 4) is 0 Å². The first-order chi connectivity index (χ1) is 7.07. The molecule has 1 heteroatoms. The zero-order chi connectivity index (χ0) is 11.1. The van der Waals surface area contributed by atoms with Gasteiger partial charge in [-0.15, -0.1) is 0 Å². The lowest BCUT2D eigenvalue weighted by Crippen LogP contribution is -2.38. The summed E-state index contributed by atoms with van der Waals surface area (Å²) in [7, 11) is 0. The molecule has 0 aromatic rings. The van der Waals surface area contributed by atoms with Gasteiger partial charge in [0.1, 0.15) is 0 Å². The predicted octanol–water partition coefficient (Wildman–Crippen LogP) is 3.87. The van der Waals surface area contributed by atoms with E-state index in [2.05, 4.69) is 27.7 Å². The van der Waals surface area contributed by atoms with Gasteiger partial charge in [-0.3, -0.25) is 0 Å². The molecule has 1 nitrogen and oxygen atoms in total. The summed E-state index contributed by atoms with van der Waals surface area (Å²) in [6.45, 7) is 10.6. The number of ether oxygens (including phenoxy) is 1. The van der Waals surface area contributed by atoms with Crippen molar-refractivity contribution in [2.45, 2.75) is 59.5 Å². The highest BCUT2D eigenvalue weighted by molar-refractivity contribution is 4.94. The van der Waals surface area contributed by atoms with Crippen LogP contribution in [0.15, 0.2) is 0 Å². The molecule has 0 aromatic heterocycles. The zero-order valence-electron chi connectivity index (χ0n) is 10.8. The molecule has 15 heavy (non-hydrogen) atoms. The van der Waals surface area contributed by atoms with Crippen LogP contribution in [0.3, 0.4) is 0 Å². The van der Waals surface area contributed by atoms with E-state index >= 15 is 0 Å². The highest BCUT2D eigenvalue weighted by atomic mass is 16.5. The van der Waals surface area contributed by atoms with E-state index in [1.54, 1.807) is 0 Å².